The van der Waals surface area contributed by atoms with E-state index >= 15 is 0 Å². The minimum Gasteiger partial charge on any atom is -0.395 e. The fraction of sp³-hybridized carbons (Fsp3) is 0.562. The van der Waals surface area contributed by atoms with Crippen molar-refractivity contribution >= 4 is 5.91 Å². The van der Waals surface area contributed by atoms with E-state index in [0.29, 0.717) is 13.2 Å². The summed E-state index contributed by atoms with van der Waals surface area (Å²) in [6.07, 6.45) is 1.82. The lowest BCUT2D eigenvalue weighted by molar-refractivity contribution is -0.138. The number of ether oxygens (including phenoxy) is 1. The van der Waals surface area contributed by atoms with Crippen LogP contribution in [-0.4, -0.2) is 48.8 Å². The maximum absolute atomic E-state index is 12.1. The van der Waals surface area contributed by atoms with E-state index in [1.807, 2.05) is 42.2 Å². The molecular weight excluding hydrogens is 254 g/mol. The smallest absolute Gasteiger partial charge is 0.248 e. The number of likely N-dealkylation sites (tertiary alicyclic amines) is 1. The highest BCUT2D eigenvalue weighted by molar-refractivity contribution is 5.77. The third-order valence-electron chi connectivity index (χ3n) is 4.05. The van der Waals surface area contributed by atoms with Crippen molar-refractivity contribution in [2.75, 3.05) is 32.9 Å². The Morgan fingerprint density at radius 3 is 2.80 bits per heavy atom. The number of hydrogen-bond acceptors (Lipinski definition) is 3. The average Bonchev–Trinajstić information content (AvgIpc) is 2.53. The van der Waals surface area contributed by atoms with Crippen molar-refractivity contribution in [3.05, 3.63) is 35.9 Å². The molecule has 1 unspecified atom stereocenters. The number of aliphatic hydroxyl groups is 1. The number of rotatable bonds is 5. The van der Waals surface area contributed by atoms with Gasteiger partial charge in [-0.25, -0.2) is 0 Å². The van der Waals surface area contributed by atoms with Gasteiger partial charge in [0.05, 0.1) is 6.61 Å². The van der Waals surface area contributed by atoms with Crippen molar-refractivity contribution in [1.82, 2.24) is 4.90 Å². The van der Waals surface area contributed by atoms with Gasteiger partial charge in [0.2, 0.25) is 5.91 Å². The summed E-state index contributed by atoms with van der Waals surface area (Å²) >= 11 is 0. The molecule has 1 N–H and O–H groups in total. The molecule has 0 bridgehead atoms. The lowest BCUT2D eigenvalue weighted by atomic mass is 9.75. The van der Waals surface area contributed by atoms with Crippen molar-refractivity contribution in [1.29, 1.82) is 0 Å². The normalized spacial score (nSPS) is 22.8. The van der Waals surface area contributed by atoms with E-state index in [1.54, 1.807) is 0 Å². The first kappa shape index (κ1) is 15.0. The van der Waals surface area contributed by atoms with Gasteiger partial charge in [-0.05, 0) is 25.3 Å². The van der Waals surface area contributed by atoms with Crippen LogP contribution in [0.5, 0.6) is 0 Å². The third kappa shape index (κ3) is 3.19. The van der Waals surface area contributed by atoms with Gasteiger partial charge >= 0.3 is 0 Å². The lowest BCUT2D eigenvalue weighted by Gasteiger charge is -2.42. The van der Waals surface area contributed by atoms with Gasteiger partial charge in [-0.2, -0.15) is 0 Å². The monoisotopic (exact) mass is 277 g/mol. The maximum Gasteiger partial charge on any atom is 0.248 e. The third-order valence-corrected chi connectivity index (χ3v) is 4.05. The highest BCUT2D eigenvalue weighted by Gasteiger charge is 2.38. The molecule has 4 nitrogen and oxygen atoms in total. The topological polar surface area (TPSA) is 49.8 Å². The Morgan fingerprint density at radius 1 is 1.40 bits per heavy atom. The Balaban J connectivity index is 2.13. The van der Waals surface area contributed by atoms with Crippen LogP contribution >= 0.6 is 0 Å². The molecule has 1 fully saturated rings. The van der Waals surface area contributed by atoms with Crippen molar-refractivity contribution in [2.24, 2.45) is 0 Å². The zero-order chi connectivity index (χ0) is 14.4. The van der Waals surface area contributed by atoms with Crippen molar-refractivity contribution in [3.8, 4) is 0 Å². The second kappa shape index (κ2) is 6.86. The van der Waals surface area contributed by atoms with E-state index in [1.165, 1.54) is 0 Å². The largest absolute Gasteiger partial charge is 0.395 e. The number of nitrogens with zero attached hydrogens (tertiary/aromatic N) is 1. The minimum atomic E-state index is -0.332. The second-order valence-electron chi connectivity index (χ2n) is 5.36. The standard InChI is InChI=1S/C16H23NO3/c1-2-20-11-15(19)17-10-6-9-16(12-17,13-18)14-7-4-3-5-8-14/h3-5,7-8,18H,2,6,9-13H2,1H3. The number of carbonyl (C=O) groups excluding carboxylic acids is 1. The molecule has 1 atom stereocenters. The molecule has 1 aromatic carbocycles. The fourth-order valence-corrected chi connectivity index (χ4v) is 2.87. The number of hydrogen-bond donors (Lipinski definition) is 1. The predicted octanol–water partition coefficient (Wildman–Crippen LogP) is 1.58. The van der Waals surface area contributed by atoms with Crippen LogP contribution in [0.2, 0.25) is 0 Å². The van der Waals surface area contributed by atoms with Crippen LogP contribution in [0, 0.1) is 0 Å². The average molecular weight is 277 g/mol. The summed E-state index contributed by atoms with van der Waals surface area (Å²) in [5, 5.41) is 9.90. The first-order valence-electron chi connectivity index (χ1n) is 7.24. The number of piperidine rings is 1. The number of aliphatic hydroxyl groups excluding tert-OH is 1. The van der Waals surface area contributed by atoms with E-state index < -0.39 is 0 Å². The van der Waals surface area contributed by atoms with E-state index in [9.17, 15) is 9.90 Å². The van der Waals surface area contributed by atoms with Gasteiger partial charge in [-0.3, -0.25) is 4.79 Å². The molecule has 4 heteroatoms. The van der Waals surface area contributed by atoms with E-state index in [-0.39, 0.29) is 24.5 Å². The lowest BCUT2D eigenvalue weighted by Crippen LogP contribution is -2.51. The SMILES string of the molecule is CCOCC(=O)N1CCCC(CO)(c2ccccc2)C1. The molecule has 20 heavy (non-hydrogen) atoms. The number of amides is 1. The van der Waals surface area contributed by atoms with E-state index in [0.717, 1.165) is 24.9 Å². The fourth-order valence-electron chi connectivity index (χ4n) is 2.87. The van der Waals surface area contributed by atoms with Gasteiger partial charge < -0.3 is 14.7 Å². The van der Waals surface area contributed by atoms with Gasteiger partial charge in [0.25, 0.3) is 0 Å². The van der Waals surface area contributed by atoms with Gasteiger partial charge in [0.15, 0.2) is 0 Å². The molecule has 0 radical (unpaired) electrons. The summed E-state index contributed by atoms with van der Waals surface area (Å²) in [7, 11) is 0. The Morgan fingerprint density at radius 2 is 2.15 bits per heavy atom. The highest BCUT2D eigenvalue weighted by Crippen LogP contribution is 2.33. The quantitative estimate of drug-likeness (QED) is 0.889. The Labute approximate surface area is 120 Å². The maximum atomic E-state index is 12.1. The summed E-state index contributed by atoms with van der Waals surface area (Å²) in [5.41, 5.74) is 0.776. The van der Waals surface area contributed by atoms with Crippen LogP contribution in [0.3, 0.4) is 0 Å². The van der Waals surface area contributed by atoms with Crippen LogP contribution in [0.15, 0.2) is 30.3 Å². The van der Waals surface area contributed by atoms with Crippen molar-refractivity contribution < 1.29 is 14.6 Å². The molecule has 1 aliphatic heterocycles. The van der Waals surface area contributed by atoms with Crippen LogP contribution in [0.4, 0.5) is 0 Å². The molecule has 0 spiro atoms. The van der Waals surface area contributed by atoms with Crippen LogP contribution < -0.4 is 0 Å². The van der Waals surface area contributed by atoms with Crippen LogP contribution in [0.1, 0.15) is 25.3 Å². The molecule has 110 valence electrons. The molecular formula is C16H23NO3. The summed E-state index contributed by atoms with van der Waals surface area (Å²) in [6, 6.07) is 10.00. The van der Waals surface area contributed by atoms with Gasteiger partial charge in [-0.1, -0.05) is 30.3 Å². The summed E-state index contributed by atoms with van der Waals surface area (Å²) < 4.78 is 5.20. The van der Waals surface area contributed by atoms with Crippen molar-refractivity contribution in [3.63, 3.8) is 0 Å². The molecule has 1 aliphatic rings. The first-order chi connectivity index (χ1) is 9.72. The van der Waals surface area contributed by atoms with Crippen molar-refractivity contribution in [2.45, 2.75) is 25.2 Å². The first-order valence-corrected chi connectivity index (χ1v) is 7.24. The van der Waals surface area contributed by atoms with Crippen LogP contribution in [-0.2, 0) is 14.9 Å². The summed E-state index contributed by atoms with van der Waals surface area (Å²) in [4.78, 5) is 13.9. The number of benzene rings is 1. The Hall–Kier alpha value is -1.39. The van der Waals surface area contributed by atoms with Gasteiger partial charge in [0.1, 0.15) is 6.61 Å². The Kier molecular flexibility index (Phi) is 5.15. The van der Waals surface area contributed by atoms with Gasteiger partial charge in [0, 0.05) is 25.1 Å². The molecule has 1 amide bonds. The van der Waals surface area contributed by atoms with Gasteiger partial charge in [-0.15, -0.1) is 0 Å². The molecule has 1 saturated heterocycles. The van der Waals surface area contributed by atoms with Crippen LogP contribution in [0.25, 0.3) is 0 Å². The minimum absolute atomic E-state index is 0.0142. The molecule has 1 heterocycles. The molecule has 0 saturated carbocycles. The number of carbonyl (C=O) groups is 1. The zero-order valence-electron chi connectivity index (χ0n) is 12.0. The molecule has 0 aromatic heterocycles. The molecule has 1 aromatic rings. The summed E-state index contributed by atoms with van der Waals surface area (Å²) in [5.74, 6) is 0.0142. The van der Waals surface area contributed by atoms with E-state index in [2.05, 4.69) is 0 Å². The predicted molar refractivity (Wildman–Crippen MR) is 77.5 cm³/mol. The van der Waals surface area contributed by atoms with E-state index in [4.69, 9.17) is 4.74 Å². The zero-order valence-corrected chi connectivity index (χ0v) is 12.0. The highest BCUT2D eigenvalue weighted by atomic mass is 16.5. The summed E-state index contributed by atoms with van der Waals surface area (Å²) in [6.45, 7) is 3.94. The second-order valence-corrected chi connectivity index (χ2v) is 5.36. The Bertz CT molecular complexity index is 435. The molecule has 2 rings (SSSR count). The molecule has 0 aliphatic carbocycles.